The van der Waals surface area contributed by atoms with Gasteiger partial charge in [-0.3, -0.25) is 9.59 Å². The molecule has 0 aliphatic heterocycles. The fourth-order valence-electron chi connectivity index (χ4n) is 2.03. The summed E-state index contributed by atoms with van der Waals surface area (Å²) in [6.45, 7) is 0.689. The SMILES string of the molecule is CNC(=O)CCCCCNC(=O)CC/C=C/c1ccccc1. The molecular weight excluding hydrogens is 276 g/mol. The van der Waals surface area contributed by atoms with Crippen LogP contribution in [0.3, 0.4) is 0 Å². The predicted octanol–water partition coefficient (Wildman–Crippen LogP) is 2.90. The van der Waals surface area contributed by atoms with Crippen LogP contribution < -0.4 is 10.6 Å². The molecule has 0 aliphatic rings. The lowest BCUT2D eigenvalue weighted by Gasteiger charge is -2.04. The molecule has 4 heteroatoms. The van der Waals surface area contributed by atoms with Gasteiger partial charge in [-0.25, -0.2) is 0 Å². The zero-order valence-corrected chi connectivity index (χ0v) is 13.3. The minimum atomic E-state index is 0.0780. The molecule has 0 radical (unpaired) electrons. The summed E-state index contributed by atoms with van der Waals surface area (Å²) >= 11 is 0. The molecule has 22 heavy (non-hydrogen) atoms. The first kappa shape index (κ1) is 18.0. The molecule has 2 N–H and O–H groups in total. The molecule has 0 saturated carbocycles. The first-order valence-electron chi connectivity index (χ1n) is 7.91. The minimum absolute atomic E-state index is 0.0780. The zero-order chi connectivity index (χ0) is 16.0. The Hall–Kier alpha value is -2.10. The van der Waals surface area contributed by atoms with E-state index in [2.05, 4.69) is 10.6 Å². The summed E-state index contributed by atoms with van der Waals surface area (Å²) in [5, 5.41) is 5.51. The van der Waals surface area contributed by atoms with Crippen molar-refractivity contribution in [3.8, 4) is 0 Å². The molecule has 0 aromatic heterocycles. The molecule has 1 rings (SSSR count). The molecule has 1 aromatic rings. The minimum Gasteiger partial charge on any atom is -0.359 e. The molecule has 0 fully saturated rings. The Bertz CT molecular complexity index is 469. The van der Waals surface area contributed by atoms with Crippen molar-refractivity contribution >= 4 is 17.9 Å². The highest BCUT2D eigenvalue weighted by Gasteiger charge is 2.00. The predicted molar refractivity (Wildman–Crippen MR) is 90.3 cm³/mol. The largest absolute Gasteiger partial charge is 0.359 e. The fraction of sp³-hybridized carbons (Fsp3) is 0.444. The maximum atomic E-state index is 11.6. The Balaban J connectivity index is 2.00. The van der Waals surface area contributed by atoms with Crippen LogP contribution in [-0.4, -0.2) is 25.4 Å². The van der Waals surface area contributed by atoms with Crippen LogP contribution in [0.1, 0.15) is 44.1 Å². The van der Waals surface area contributed by atoms with Crippen molar-refractivity contribution in [3.63, 3.8) is 0 Å². The maximum absolute atomic E-state index is 11.6. The Morgan fingerprint density at radius 1 is 1.00 bits per heavy atom. The molecule has 4 nitrogen and oxygen atoms in total. The van der Waals surface area contributed by atoms with Gasteiger partial charge in [0.05, 0.1) is 0 Å². The van der Waals surface area contributed by atoms with Crippen LogP contribution in [0, 0.1) is 0 Å². The van der Waals surface area contributed by atoms with Crippen molar-refractivity contribution in [1.29, 1.82) is 0 Å². The average molecular weight is 302 g/mol. The number of amides is 2. The Morgan fingerprint density at radius 3 is 2.50 bits per heavy atom. The van der Waals surface area contributed by atoms with Crippen LogP contribution in [-0.2, 0) is 9.59 Å². The molecule has 0 spiro atoms. The van der Waals surface area contributed by atoms with Crippen LogP contribution in [0.25, 0.3) is 6.08 Å². The smallest absolute Gasteiger partial charge is 0.220 e. The van der Waals surface area contributed by atoms with Crippen molar-refractivity contribution in [2.24, 2.45) is 0 Å². The topological polar surface area (TPSA) is 58.2 Å². The van der Waals surface area contributed by atoms with Crippen LogP contribution in [0.15, 0.2) is 36.4 Å². The van der Waals surface area contributed by atoms with Crippen molar-refractivity contribution in [1.82, 2.24) is 10.6 Å². The quantitative estimate of drug-likeness (QED) is 0.653. The first-order valence-corrected chi connectivity index (χ1v) is 7.91. The van der Waals surface area contributed by atoms with E-state index in [4.69, 9.17) is 0 Å². The summed E-state index contributed by atoms with van der Waals surface area (Å²) in [5.41, 5.74) is 1.15. The molecule has 0 unspecified atom stereocenters. The van der Waals surface area contributed by atoms with E-state index in [-0.39, 0.29) is 11.8 Å². The highest BCUT2D eigenvalue weighted by molar-refractivity contribution is 5.76. The third kappa shape index (κ3) is 8.95. The van der Waals surface area contributed by atoms with Crippen molar-refractivity contribution in [3.05, 3.63) is 42.0 Å². The Labute approximate surface area is 133 Å². The molecule has 0 atom stereocenters. The van der Waals surface area contributed by atoms with E-state index in [9.17, 15) is 9.59 Å². The molecule has 0 bridgehead atoms. The van der Waals surface area contributed by atoms with E-state index in [0.717, 1.165) is 31.2 Å². The number of unbranched alkanes of at least 4 members (excludes halogenated alkanes) is 2. The monoisotopic (exact) mass is 302 g/mol. The molecule has 120 valence electrons. The third-order valence-corrected chi connectivity index (χ3v) is 3.33. The molecule has 0 heterocycles. The summed E-state index contributed by atoms with van der Waals surface area (Å²) in [6, 6.07) is 10.1. The van der Waals surface area contributed by atoms with E-state index in [1.165, 1.54) is 0 Å². The summed E-state index contributed by atoms with van der Waals surface area (Å²) < 4.78 is 0. The van der Waals surface area contributed by atoms with Crippen LogP contribution >= 0.6 is 0 Å². The normalized spacial score (nSPS) is 10.6. The van der Waals surface area contributed by atoms with E-state index >= 15 is 0 Å². The van der Waals surface area contributed by atoms with Gasteiger partial charge >= 0.3 is 0 Å². The Kier molecular flexibility index (Phi) is 9.42. The highest BCUT2D eigenvalue weighted by Crippen LogP contribution is 2.03. The van der Waals surface area contributed by atoms with Crippen LogP contribution in [0.2, 0.25) is 0 Å². The fourth-order valence-corrected chi connectivity index (χ4v) is 2.03. The summed E-state index contributed by atoms with van der Waals surface area (Å²) in [4.78, 5) is 22.6. The summed E-state index contributed by atoms with van der Waals surface area (Å²) in [7, 11) is 1.65. The van der Waals surface area contributed by atoms with Gasteiger partial charge in [-0.05, 0) is 24.8 Å². The number of allylic oxidation sites excluding steroid dienone is 1. The van der Waals surface area contributed by atoms with Gasteiger partial charge in [0.2, 0.25) is 11.8 Å². The molecular formula is C18H26N2O2. The van der Waals surface area contributed by atoms with Crippen molar-refractivity contribution < 1.29 is 9.59 Å². The van der Waals surface area contributed by atoms with Gasteiger partial charge in [-0.1, -0.05) is 48.9 Å². The van der Waals surface area contributed by atoms with Crippen molar-refractivity contribution in [2.45, 2.75) is 38.5 Å². The van der Waals surface area contributed by atoms with Gasteiger partial charge in [0.1, 0.15) is 0 Å². The molecule has 1 aromatic carbocycles. The molecule has 2 amide bonds. The lowest BCUT2D eigenvalue weighted by molar-refractivity contribution is -0.121. The van der Waals surface area contributed by atoms with Crippen LogP contribution in [0.4, 0.5) is 0 Å². The zero-order valence-electron chi connectivity index (χ0n) is 13.3. The standard InChI is InChI=1S/C18H26N2O2/c1-19-17(21)13-6-3-9-15-20-18(22)14-8-7-12-16-10-4-2-5-11-16/h2,4-5,7,10-12H,3,6,8-9,13-15H2,1H3,(H,19,21)(H,20,22)/b12-7+. The second kappa shape index (κ2) is 11.5. The van der Waals surface area contributed by atoms with E-state index < -0.39 is 0 Å². The maximum Gasteiger partial charge on any atom is 0.220 e. The third-order valence-electron chi connectivity index (χ3n) is 3.33. The lowest BCUT2D eigenvalue weighted by Crippen LogP contribution is -2.24. The number of carbonyl (C=O) groups excluding carboxylic acids is 2. The highest BCUT2D eigenvalue weighted by atomic mass is 16.2. The van der Waals surface area contributed by atoms with E-state index in [1.54, 1.807) is 7.05 Å². The van der Waals surface area contributed by atoms with Gasteiger partial charge < -0.3 is 10.6 Å². The number of nitrogens with one attached hydrogen (secondary N) is 2. The van der Waals surface area contributed by atoms with E-state index in [1.807, 2.05) is 42.5 Å². The number of rotatable bonds is 10. The number of hydrogen-bond acceptors (Lipinski definition) is 2. The van der Waals surface area contributed by atoms with E-state index in [0.29, 0.717) is 19.4 Å². The second-order valence-corrected chi connectivity index (χ2v) is 5.19. The van der Waals surface area contributed by atoms with Gasteiger partial charge in [-0.2, -0.15) is 0 Å². The van der Waals surface area contributed by atoms with Gasteiger partial charge in [0, 0.05) is 26.4 Å². The number of benzene rings is 1. The van der Waals surface area contributed by atoms with Gasteiger partial charge in [0.15, 0.2) is 0 Å². The lowest BCUT2D eigenvalue weighted by atomic mass is 10.1. The summed E-state index contributed by atoms with van der Waals surface area (Å²) in [5.74, 6) is 0.165. The summed E-state index contributed by atoms with van der Waals surface area (Å²) in [6.07, 6.45) is 8.64. The molecule has 0 saturated heterocycles. The number of carbonyl (C=O) groups is 2. The molecule has 0 aliphatic carbocycles. The number of hydrogen-bond donors (Lipinski definition) is 2. The average Bonchev–Trinajstić information content (AvgIpc) is 2.55. The van der Waals surface area contributed by atoms with Crippen LogP contribution in [0.5, 0.6) is 0 Å². The Morgan fingerprint density at radius 2 is 1.77 bits per heavy atom. The van der Waals surface area contributed by atoms with Gasteiger partial charge in [-0.15, -0.1) is 0 Å². The van der Waals surface area contributed by atoms with Crippen molar-refractivity contribution in [2.75, 3.05) is 13.6 Å². The van der Waals surface area contributed by atoms with Gasteiger partial charge in [0.25, 0.3) is 0 Å². The second-order valence-electron chi connectivity index (χ2n) is 5.19. The first-order chi connectivity index (χ1) is 10.7.